The second-order valence-electron chi connectivity index (χ2n) is 5.14. The van der Waals surface area contributed by atoms with Gasteiger partial charge in [0, 0.05) is 0 Å². The third-order valence-electron chi connectivity index (χ3n) is 3.33. The molecule has 130 valence electrons. The molecule has 1 aromatic rings. The van der Waals surface area contributed by atoms with Crippen LogP contribution in [0.4, 0.5) is 0 Å². The molecule has 0 saturated heterocycles. The Labute approximate surface area is 157 Å². The molecule has 1 aliphatic rings. The molecule has 0 spiro atoms. The van der Waals surface area contributed by atoms with Crippen LogP contribution < -0.4 is 26.9 Å². The zero-order valence-electron chi connectivity index (χ0n) is 13.7. The molecule has 5 nitrogen and oxygen atoms in total. The Morgan fingerprint density at radius 1 is 1.50 bits per heavy atom. The Bertz CT molecular complexity index is 664. The van der Waals surface area contributed by atoms with Gasteiger partial charge < -0.3 is 0 Å². The summed E-state index contributed by atoms with van der Waals surface area (Å²) in [4.78, 5) is 22.5. The summed E-state index contributed by atoms with van der Waals surface area (Å²) in [7, 11) is 0. The average molecular weight is 457 g/mol. The molecule has 0 atom stereocenters. The molecular weight excluding hydrogens is 435 g/mol. The zero-order chi connectivity index (χ0) is 17.4. The Morgan fingerprint density at radius 3 is 2.96 bits per heavy atom. The molecule has 2 rings (SSSR count). The van der Waals surface area contributed by atoms with Crippen LogP contribution in [0.15, 0.2) is 48.1 Å². The molecule has 2 N–H and O–H groups in total. The first-order valence-corrected chi connectivity index (χ1v) is 10.9. The number of aromatic nitrogens is 1. The van der Waals surface area contributed by atoms with E-state index in [0.29, 0.717) is 6.42 Å². The van der Waals surface area contributed by atoms with Crippen molar-refractivity contribution in [1.82, 2.24) is 9.88 Å². The first-order valence-electron chi connectivity index (χ1n) is 7.81. The van der Waals surface area contributed by atoms with Crippen LogP contribution in [0.5, 0.6) is 0 Å². The molecule has 1 aromatic heterocycles. The second-order valence-corrected chi connectivity index (χ2v) is 8.61. The predicted molar refractivity (Wildman–Crippen MR) is 95.1 cm³/mol. The van der Waals surface area contributed by atoms with Crippen molar-refractivity contribution in [2.75, 3.05) is 6.54 Å². The Balaban J connectivity index is 2.25. The van der Waals surface area contributed by atoms with E-state index in [2.05, 4.69) is 28.6 Å². The molecule has 1 amide bonds. The zero-order valence-corrected chi connectivity index (χ0v) is 16.7. The first kappa shape index (κ1) is 18.9. The number of thiazole rings is 1. The molecule has 0 radical (unpaired) electrons. The molecular formula is C17H22IN4OS-. The van der Waals surface area contributed by atoms with Crippen LogP contribution in [-0.2, 0) is 4.79 Å². The first-order chi connectivity index (χ1) is 11.7. The van der Waals surface area contributed by atoms with Gasteiger partial charge in [0.25, 0.3) is 0 Å². The second kappa shape index (κ2) is 9.73. The number of nitrogens with zero attached hydrogens (tertiary/aromatic N) is 3. The molecule has 2 heterocycles. The van der Waals surface area contributed by atoms with Crippen LogP contribution in [0.3, 0.4) is 0 Å². The number of allylic oxidation sites excluding steroid dienone is 3. The van der Waals surface area contributed by atoms with Crippen LogP contribution in [-0.4, -0.2) is 28.2 Å². The maximum atomic E-state index is 10.9. The number of amidine groups is 1. The molecule has 0 bridgehead atoms. The van der Waals surface area contributed by atoms with Gasteiger partial charge in [-0.15, -0.1) is 0 Å². The standard InChI is InChI=1S/C17H22IN4OS/c1-3-5-8-15-18-14(4-2)21-17(13-11-24-12-20-13)22(15)10-7-6-9-16(19)23/h3-4,8,11-12H,1,5-7,9-10H2,2H3,(H2,19,23)/q-1/b14-4+,15-8+. The number of carbonyl (C=O) groups excluding carboxylic acids is 1. The van der Waals surface area contributed by atoms with Gasteiger partial charge in [-0.05, 0) is 0 Å². The summed E-state index contributed by atoms with van der Waals surface area (Å²) in [5.74, 6) is 0.665. The van der Waals surface area contributed by atoms with Gasteiger partial charge in [-0.3, -0.25) is 0 Å². The fourth-order valence-electron chi connectivity index (χ4n) is 2.18. The summed E-state index contributed by atoms with van der Waals surface area (Å²) in [5, 5.41) is 2.03. The van der Waals surface area contributed by atoms with Gasteiger partial charge in [0.2, 0.25) is 0 Å². The van der Waals surface area contributed by atoms with E-state index in [1.807, 2.05) is 23.9 Å². The Hall–Kier alpha value is -1.48. The van der Waals surface area contributed by atoms with Crippen molar-refractivity contribution < 1.29 is 26.0 Å². The molecule has 0 unspecified atom stereocenters. The van der Waals surface area contributed by atoms with Gasteiger partial charge in [0.05, 0.1) is 0 Å². The number of hydrogen-bond donors (Lipinski definition) is 1. The normalized spacial score (nSPS) is 18.4. The van der Waals surface area contributed by atoms with Crippen molar-refractivity contribution in [3.63, 3.8) is 0 Å². The molecule has 7 heteroatoms. The third kappa shape index (κ3) is 5.27. The van der Waals surface area contributed by atoms with Crippen molar-refractivity contribution in [3.8, 4) is 0 Å². The van der Waals surface area contributed by atoms with Gasteiger partial charge in [-0.1, -0.05) is 0 Å². The Morgan fingerprint density at radius 2 is 2.33 bits per heavy atom. The molecule has 1 aliphatic heterocycles. The fourth-order valence-corrected chi connectivity index (χ4v) is 5.18. The number of hydrogen-bond acceptors (Lipinski definition) is 5. The Kier molecular flexibility index (Phi) is 7.64. The summed E-state index contributed by atoms with van der Waals surface area (Å²) in [6, 6.07) is 0. The van der Waals surface area contributed by atoms with Gasteiger partial charge in [0.1, 0.15) is 0 Å². The molecule has 0 aromatic carbocycles. The number of nitrogens with two attached hydrogens (primary N) is 1. The summed E-state index contributed by atoms with van der Waals surface area (Å²) in [6.45, 7) is 6.67. The van der Waals surface area contributed by atoms with E-state index in [4.69, 9.17) is 10.7 Å². The van der Waals surface area contributed by atoms with Crippen LogP contribution in [0, 0.1) is 0 Å². The quantitative estimate of drug-likeness (QED) is 0.263. The SMILES string of the molecule is C=CC/C=C1\[I-]/C(=C\C)N=C(c2cscn2)N1CCCCC(N)=O. The van der Waals surface area contributed by atoms with Crippen LogP contribution in [0.1, 0.15) is 38.3 Å². The van der Waals surface area contributed by atoms with Gasteiger partial charge in [-0.2, -0.15) is 0 Å². The van der Waals surface area contributed by atoms with Crippen molar-refractivity contribution in [3.05, 3.63) is 48.8 Å². The van der Waals surface area contributed by atoms with Gasteiger partial charge in [0.15, 0.2) is 0 Å². The minimum absolute atomic E-state index is 0.243. The van der Waals surface area contributed by atoms with E-state index < -0.39 is 0 Å². The summed E-state index contributed by atoms with van der Waals surface area (Å²) < 4.78 is 2.47. The number of carbonyl (C=O) groups is 1. The van der Waals surface area contributed by atoms with E-state index in [1.54, 1.807) is 11.3 Å². The number of amides is 1. The maximum absolute atomic E-state index is 10.9. The number of rotatable bonds is 8. The van der Waals surface area contributed by atoms with Crippen LogP contribution in [0.2, 0.25) is 0 Å². The average Bonchev–Trinajstić information content (AvgIpc) is 3.11. The minimum atomic E-state index is -0.313. The fraction of sp³-hybridized carbons (Fsp3) is 0.353. The molecule has 24 heavy (non-hydrogen) atoms. The summed E-state index contributed by atoms with van der Waals surface area (Å²) >= 11 is 1.26. The molecule has 0 saturated carbocycles. The molecule has 0 aliphatic carbocycles. The number of halogens is 1. The van der Waals surface area contributed by atoms with E-state index >= 15 is 0 Å². The van der Waals surface area contributed by atoms with Crippen LogP contribution >= 0.6 is 11.3 Å². The monoisotopic (exact) mass is 457 g/mol. The van der Waals surface area contributed by atoms with E-state index in [9.17, 15) is 4.79 Å². The summed E-state index contributed by atoms with van der Waals surface area (Å²) in [6.07, 6.45) is 9.19. The van der Waals surface area contributed by atoms with Crippen molar-refractivity contribution in [2.24, 2.45) is 10.7 Å². The van der Waals surface area contributed by atoms with E-state index in [0.717, 1.165) is 41.0 Å². The van der Waals surface area contributed by atoms with Gasteiger partial charge >= 0.3 is 158 Å². The van der Waals surface area contributed by atoms with E-state index in [1.165, 1.54) is 3.70 Å². The van der Waals surface area contributed by atoms with Gasteiger partial charge in [-0.25, -0.2) is 0 Å². The summed E-state index contributed by atoms with van der Waals surface area (Å²) in [5.41, 5.74) is 7.97. The predicted octanol–water partition coefficient (Wildman–Crippen LogP) is 0.229. The number of primary amides is 1. The van der Waals surface area contributed by atoms with Crippen molar-refractivity contribution in [1.29, 1.82) is 0 Å². The van der Waals surface area contributed by atoms with E-state index in [-0.39, 0.29) is 27.1 Å². The molecule has 0 fully saturated rings. The number of unbranched alkanes of at least 4 members (excludes halogenated alkanes) is 1. The van der Waals surface area contributed by atoms with Crippen LogP contribution in [0.25, 0.3) is 0 Å². The van der Waals surface area contributed by atoms with Crippen molar-refractivity contribution in [2.45, 2.75) is 32.6 Å². The number of aliphatic imine (C=N–C) groups is 1. The third-order valence-corrected chi connectivity index (χ3v) is 6.91. The topological polar surface area (TPSA) is 71.6 Å². The van der Waals surface area contributed by atoms with Crippen molar-refractivity contribution >= 4 is 23.1 Å².